The van der Waals surface area contributed by atoms with Crippen molar-refractivity contribution in [1.82, 2.24) is 4.90 Å². The fraction of sp³-hybridized carbons (Fsp3) is 0.211. The first-order chi connectivity index (χ1) is 13.8. The summed E-state index contributed by atoms with van der Waals surface area (Å²) in [7, 11) is -4.03. The van der Waals surface area contributed by atoms with E-state index in [2.05, 4.69) is 4.72 Å². The third kappa shape index (κ3) is 6.10. The van der Waals surface area contributed by atoms with Gasteiger partial charge in [-0.05, 0) is 36.4 Å². The number of amides is 1. The monoisotopic (exact) mass is 450 g/mol. The van der Waals surface area contributed by atoms with Gasteiger partial charge in [0, 0.05) is 29.4 Å². The lowest BCUT2D eigenvalue weighted by molar-refractivity contribution is 0.0762. The molecule has 1 amide bonds. The molecule has 0 saturated carbocycles. The molecule has 1 N–H and O–H groups in total. The second-order valence-electron chi connectivity index (χ2n) is 5.87. The van der Waals surface area contributed by atoms with Crippen molar-refractivity contribution in [1.29, 1.82) is 10.5 Å². The van der Waals surface area contributed by atoms with Crippen LogP contribution < -0.4 is 4.72 Å². The summed E-state index contributed by atoms with van der Waals surface area (Å²) in [6, 6.07) is 13.9. The van der Waals surface area contributed by atoms with Gasteiger partial charge in [0.25, 0.3) is 15.9 Å². The Morgan fingerprint density at radius 3 is 2.31 bits per heavy atom. The van der Waals surface area contributed by atoms with Crippen LogP contribution in [0.3, 0.4) is 0 Å². The van der Waals surface area contributed by atoms with E-state index in [1.165, 1.54) is 47.4 Å². The Hall–Kier alpha value is -2.78. The van der Waals surface area contributed by atoms with E-state index in [9.17, 15) is 13.2 Å². The van der Waals surface area contributed by atoms with Crippen molar-refractivity contribution in [3.63, 3.8) is 0 Å². The van der Waals surface area contributed by atoms with Crippen molar-refractivity contribution >= 4 is 44.8 Å². The molecule has 0 aromatic heterocycles. The quantitative estimate of drug-likeness (QED) is 0.650. The van der Waals surface area contributed by atoms with Crippen molar-refractivity contribution in [2.75, 3.05) is 17.8 Å². The van der Waals surface area contributed by atoms with Crippen LogP contribution in [0.1, 0.15) is 23.2 Å². The normalized spacial score (nSPS) is 10.6. The molecule has 0 aliphatic rings. The first-order valence-corrected chi connectivity index (χ1v) is 10.6. The van der Waals surface area contributed by atoms with E-state index in [0.717, 1.165) is 0 Å². The van der Waals surface area contributed by atoms with E-state index < -0.39 is 15.9 Å². The maximum Gasteiger partial charge on any atom is 0.263 e. The van der Waals surface area contributed by atoms with Gasteiger partial charge >= 0.3 is 0 Å². The zero-order valence-electron chi connectivity index (χ0n) is 15.1. The molecule has 0 aliphatic carbocycles. The minimum Gasteiger partial charge on any atom is -0.337 e. The number of hydrogen-bond donors (Lipinski definition) is 1. The summed E-state index contributed by atoms with van der Waals surface area (Å²) in [5, 5.41) is 17.7. The Kier molecular flexibility index (Phi) is 7.86. The van der Waals surface area contributed by atoms with Crippen LogP contribution in [-0.2, 0) is 10.0 Å². The van der Waals surface area contributed by atoms with Gasteiger partial charge in [-0.2, -0.15) is 10.5 Å². The average molecular weight is 451 g/mol. The smallest absolute Gasteiger partial charge is 0.263 e. The molecule has 0 fully saturated rings. The number of nitriles is 2. The molecule has 150 valence electrons. The predicted molar refractivity (Wildman–Crippen MR) is 110 cm³/mol. The van der Waals surface area contributed by atoms with Crippen LogP contribution in [0.25, 0.3) is 0 Å². The van der Waals surface area contributed by atoms with Crippen LogP contribution in [0.15, 0.2) is 47.4 Å². The highest BCUT2D eigenvalue weighted by Crippen LogP contribution is 2.27. The van der Waals surface area contributed by atoms with Crippen LogP contribution in [0.4, 0.5) is 5.69 Å². The molecule has 0 spiro atoms. The number of hydrogen-bond acceptors (Lipinski definition) is 5. The van der Waals surface area contributed by atoms with Crippen LogP contribution >= 0.6 is 23.2 Å². The van der Waals surface area contributed by atoms with Crippen LogP contribution in [0.5, 0.6) is 0 Å². The first kappa shape index (κ1) is 22.5. The molecule has 0 saturated heterocycles. The molecule has 0 radical (unpaired) electrons. The van der Waals surface area contributed by atoms with E-state index in [1.54, 1.807) is 0 Å². The van der Waals surface area contributed by atoms with Gasteiger partial charge in [-0.15, -0.1) is 0 Å². The molecule has 0 aliphatic heterocycles. The Morgan fingerprint density at radius 2 is 1.69 bits per heavy atom. The summed E-state index contributed by atoms with van der Waals surface area (Å²) in [5.41, 5.74) is 0.380. The van der Waals surface area contributed by atoms with Gasteiger partial charge < -0.3 is 4.90 Å². The number of nitrogens with one attached hydrogen (secondary N) is 1. The van der Waals surface area contributed by atoms with Gasteiger partial charge in [-0.3, -0.25) is 9.52 Å². The molecule has 2 aromatic rings. The number of anilines is 1. The van der Waals surface area contributed by atoms with Crippen LogP contribution in [0.2, 0.25) is 10.0 Å². The number of carbonyl (C=O) groups excluding carboxylic acids is 1. The maximum atomic E-state index is 12.7. The molecule has 7 nitrogen and oxygen atoms in total. The lowest BCUT2D eigenvalue weighted by Gasteiger charge is -2.20. The topological polar surface area (TPSA) is 114 Å². The second kappa shape index (κ2) is 10.1. The summed E-state index contributed by atoms with van der Waals surface area (Å²) in [6.07, 6.45) is 0.244. The first-order valence-electron chi connectivity index (χ1n) is 8.39. The fourth-order valence-corrected chi connectivity index (χ4v) is 4.29. The fourth-order valence-electron chi connectivity index (χ4n) is 2.48. The number of nitrogens with zero attached hydrogens (tertiary/aromatic N) is 3. The number of rotatable bonds is 8. The summed E-state index contributed by atoms with van der Waals surface area (Å²) in [4.78, 5) is 13.9. The Bertz CT molecular complexity index is 1070. The number of carbonyl (C=O) groups is 1. The average Bonchev–Trinajstić information content (AvgIpc) is 2.69. The van der Waals surface area contributed by atoms with Gasteiger partial charge in [-0.25, -0.2) is 8.42 Å². The SMILES string of the molecule is N#CCCN(CCC#N)C(=O)c1cccc(NS(=O)(=O)c2cc(Cl)ccc2Cl)c1. The molecule has 0 atom stereocenters. The highest BCUT2D eigenvalue weighted by molar-refractivity contribution is 7.92. The second-order valence-corrected chi connectivity index (χ2v) is 8.36. The molecule has 0 bridgehead atoms. The minimum absolute atomic E-state index is 0.00770. The third-order valence-corrected chi connectivity index (χ3v) is 5.92. The third-order valence-electron chi connectivity index (χ3n) is 3.82. The maximum absolute atomic E-state index is 12.7. The van der Waals surface area contributed by atoms with Crippen LogP contribution in [0, 0.1) is 22.7 Å². The standard InChI is InChI=1S/C19H16Cl2N4O3S/c20-15-6-7-17(21)18(13-15)29(27,28)24-16-5-1-4-14(12-16)19(26)25(10-2-8-22)11-3-9-23/h1,4-7,12-13,24H,2-3,10-11H2. The van der Waals surface area contributed by atoms with Gasteiger partial charge in [0.1, 0.15) is 4.90 Å². The molecule has 2 rings (SSSR count). The minimum atomic E-state index is -4.03. The van der Waals surface area contributed by atoms with Gasteiger partial charge in [0.15, 0.2) is 0 Å². The summed E-state index contributed by atoms with van der Waals surface area (Å²) in [5.74, 6) is -0.405. The lowest BCUT2D eigenvalue weighted by atomic mass is 10.1. The summed E-state index contributed by atoms with van der Waals surface area (Å²) < 4.78 is 27.7. The summed E-state index contributed by atoms with van der Waals surface area (Å²) >= 11 is 11.8. The number of benzene rings is 2. The highest BCUT2D eigenvalue weighted by Gasteiger charge is 2.20. The van der Waals surface area contributed by atoms with Crippen molar-refractivity contribution in [2.45, 2.75) is 17.7 Å². The van der Waals surface area contributed by atoms with E-state index in [-0.39, 0.29) is 52.1 Å². The van der Waals surface area contributed by atoms with Crippen molar-refractivity contribution in [3.05, 3.63) is 58.1 Å². The Labute approximate surface area is 179 Å². The molecule has 10 heteroatoms. The molecular formula is C19H16Cl2N4O3S. The van der Waals surface area contributed by atoms with Gasteiger partial charge in [-0.1, -0.05) is 29.3 Å². The Morgan fingerprint density at radius 1 is 1.03 bits per heavy atom. The zero-order chi connectivity index (χ0) is 21.4. The van der Waals surface area contributed by atoms with Crippen molar-refractivity contribution < 1.29 is 13.2 Å². The Balaban J connectivity index is 2.28. The van der Waals surface area contributed by atoms with Crippen molar-refractivity contribution in [3.8, 4) is 12.1 Å². The van der Waals surface area contributed by atoms with Crippen molar-refractivity contribution in [2.24, 2.45) is 0 Å². The molecule has 29 heavy (non-hydrogen) atoms. The van der Waals surface area contributed by atoms with E-state index in [0.29, 0.717) is 0 Å². The highest BCUT2D eigenvalue weighted by atomic mass is 35.5. The van der Waals surface area contributed by atoms with Gasteiger partial charge in [0.2, 0.25) is 0 Å². The van der Waals surface area contributed by atoms with E-state index in [1.807, 2.05) is 12.1 Å². The van der Waals surface area contributed by atoms with Gasteiger partial charge in [0.05, 0.1) is 30.0 Å². The molecule has 0 heterocycles. The lowest BCUT2D eigenvalue weighted by Crippen LogP contribution is -2.32. The van der Waals surface area contributed by atoms with Crippen LogP contribution in [-0.4, -0.2) is 32.3 Å². The molecular weight excluding hydrogens is 435 g/mol. The van der Waals surface area contributed by atoms with E-state index >= 15 is 0 Å². The predicted octanol–water partition coefficient (Wildman–Crippen LogP) is 4.06. The van der Waals surface area contributed by atoms with E-state index in [4.69, 9.17) is 33.7 Å². The largest absolute Gasteiger partial charge is 0.337 e. The zero-order valence-corrected chi connectivity index (χ0v) is 17.4. The number of halogens is 2. The summed E-state index contributed by atoms with van der Waals surface area (Å²) in [6.45, 7) is 0.343. The molecule has 2 aromatic carbocycles. The molecule has 0 unspecified atom stereocenters. The number of sulfonamides is 1.